The first-order chi connectivity index (χ1) is 11.4. The lowest BCUT2D eigenvalue weighted by Gasteiger charge is -2.34. The van der Waals surface area contributed by atoms with Gasteiger partial charge >= 0.3 is 0 Å². The quantitative estimate of drug-likeness (QED) is 0.703. The highest BCUT2D eigenvalue weighted by Crippen LogP contribution is 2.53. The van der Waals surface area contributed by atoms with Crippen LogP contribution in [0, 0.1) is 79.2 Å². The van der Waals surface area contributed by atoms with Gasteiger partial charge in [-0.25, -0.2) is 13.8 Å². The summed E-state index contributed by atoms with van der Waals surface area (Å²) in [5.74, 6) is -2.85. The lowest BCUT2D eigenvalue weighted by atomic mass is 9.58. The largest absolute Gasteiger partial charge is 0.236 e. The smallest absolute Gasteiger partial charge is 0.233 e. The minimum absolute atomic E-state index is 0.560. The van der Waals surface area contributed by atoms with Crippen LogP contribution < -0.4 is 0 Å². The SMILES string of the molecule is N#CC1=C(F)C(C#N)(C#N)C(C#N)(C#N)c2nc(C#N)c(F)cc21. The molecular weight excluding hydrogens is 316 g/mol. The zero-order chi connectivity index (χ0) is 18.1. The van der Waals surface area contributed by atoms with Gasteiger partial charge in [-0.1, -0.05) is 0 Å². The Morgan fingerprint density at radius 1 is 0.833 bits per heavy atom. The van der Waals surface area contributed by atoms with Crippen LogP contribution in [0.1, 0.15) is 17.0 Å². The van der Waals surface area contributed by atoms with Gasteiger partial charge in [-0.15, -0.1) is 0 Å². The van der Waals surface area contributed by atoms with Crippen molar-refractivity contribution >= 4 is 5.57 Å². The summed E-state index contributed by atoms with van der Waals surface area (Å²) in [5, 5.41) is 55.4. The first-order valence-electron chi connectivity index (χ1n) is 5.99. The number of hydrogen-bond donors (Lipinski definition) is 0. The molecule has 0 atom stereocenters. The molecule has 0 unspecified atom stereocenters. The summed E-state index contributed by atoms with van der Waals surface area (Å²) in [4.78, 5) is 3.52. The maximum Gasteiger partial charge on any atom is 0.233 e. The summed E-state index contributed by atoms with van der Waals surface area (Å²) < 4.78 is 28.5. The first kappa shape index (κ1) is 16.1. The third-order valence-corrected chi connectivity index (χ3v) is 3.60. The summed E-state index contributed by atoms with van der Waals surface area (Å²) in [6, 6.07) is 8.60. The van der Waals surface area contributed by atoms with E-state index in [4.69, 9.17) is 10.5 Å². The van der Waals surface area contributed by atoms with E-state index in [1.54, 1.807) is 0 Å². The van der Waals surface area contributed by atoms with E-state index >= 15 is 0 Å². The van der Waals surface area contributed by atoms with E-state index in [-0.39, 0.29) is 0 Å². The Morgan fingerprint density at radius 3 is 1.79 bits per heavy atom. The average molecular weight is 317 g/mol. The fraction of sp³-hybridized carbons (Fsp3) is 0.133. The molecule has 0 N–H and O–H groups in total. The Hall–Kier alpha value is -4.31. The molecule has 0 saturated carbocycles. The fourth-order valence-corrected chi connectivity index (χ4v) is 2.39. The van der Waals surface area contributed by atoms with Gasteiger partial charge in [0.2, 0.25) is 10.8 Å². The molecule has 110 valence electrons. The second kappa shape index (κ2) is 5.15. The molecule has 24 heavy (non-hydrogen) atoms. The highest BCUT2D eigenvalue weighted by atomic mass is 19.1. The van der Waals surface area contributed by atoms with E-state index in [9.17, 15) is 29.8 Å². The standard InChI is InChI=1S/C15HF2N7/c16-10-1-8-9(2-18)12(17)14(4-20,5-21)15(6-22,7-23)13(8)24-11(10)3-19/h1H. The summed E-state index contributed by atoms with van der Waals surface area (Å²) in [6.07, 6.45) is 0. The van der Waals surface area contributed by atoms with Crippen LogP contribution in [0.15, 0.2) is 11.9 Å². The zero-order valence-electron chi connectivity index (χ0n) is 11.5. The maximum atomic E-state index is 14.7. The van der Waals surface area contributed by atoms with Crippen molar-refractivity contribution in [2.24, 2.45) is 5.41 Å². The lowest BCUT2D eigenvalue weighted by Crippen LogP contribution is -2.47. The van der Waals surface area contributed by atoms with Crippen LogP contribution in [0.25, 0.3) is 5.57 Å². The van der Waals surface area contributed by atoms with E-state index in [1.807, 2.05) is 0 Å². The molecule has 0 aliphatic heterocycles. The zero-order valence-corrected chi connectivity index (χ0v) is 11.5. The molecule has 1 aliphatic carbocycles. The molecule has 0 fully saturated rings. The number of pyridine rings is 1. The van der Waals surface area contributed by atoms with E-state index in [2.05, 4.69) is 4.98 Å². The van der Waals surface area contributed by atoms with Crippen LogP contribution >= 0.6 is 0 Å². The molecular formula is C15HF2N7. The number of allylic oxidation sites excluding steroid dienone is 2. The molecule has 1 aromatic heterocycles. The van der Waals surface area contributed by atoms with Crippen molar-refractivity contribution < 1.29 is 8.78 Å². The van der Waals surface area contributed by atoms with Gasteiger partial charge in [0.05, 0.1) is 35.5 Å². The summed E-state index contributed by atoms with van der Waals surface area (Å²) >= 11 is 0. The molecule has 9 heteroatoms. The van der Waals surface area contributed by atoms with Crippen molar-refractivity contribution in [3.8, 4) is 36.4 Å². The third kappa shape index (κ3) is 1.53. The molecule has 0 amide bonds. The topological polar surface area (TPSA) is 156 Å². The second-order valence-corrected chi connectivity index (χ2v) is 4.57. The van der Waals surface area contributed by atoms with Gasteiger partial charge in [0, 0.05) is 5.56 Å². The van der Waals surface area contributed by atoms with Crippen molar-refractivity contribution in [1.29, 1.82) is 31.6 Å². The highest BCUT2D eigenvalue weighted by molar-refractivity contribution is 5.86. The van der Waals surface area contributed by atoms with E-state index in [0.29, 0.717) is 6.07 Å². The van der Waals surface area contributed by atoms with Crippen LogP contribution in [-0.2, 0) is 5.41 Å². The van der Waals surface area contributed by atoms with Gasteiger partial charge in [-0.3, -0.25) is 0 Å². The van der Waals surface area contributed by atoms with E-state index < -0.39 is 45.0 Å². The molecule has 1 aromatic rings. The minimum atomic E-state index is -2.98. The molecule has 1 aliphatic rings. The van der Waals surface area contributed by atoms with Crippen LogP contribution in [0.4, 0.5) is 8.78 Å². The van der Waals surface area contributed by atoms with Gasteiger partial charge in [0.1, 0.15) is 12.1 Å². The first-order valence-corrected chi connectivity index (χ1v) is 5.99. The van der Waals surface area contributed by atoms with Gasteiger partial charge in [-0.2, -0.15) is 31.6 Å². The Labute approximate surface area is 133 Å². The van der Waals surface area contributed by atoms with Gasteiger partial charge in [0.15, 0.2) is 17.3 Å². The fourth-order valence-electron chi connectivity index (χ4n) is 2.39. The van der Waals surface area contributed by atoms with Crippen molar-refractivity contribution in [3.63, 3.8) is 0 Å². The number of aromatic nitrogens is 1. The third-order valence-electron chi connectivity index (χ3n) is 3.60. The summed E-state index contributed by atoms with van der Waals surface area (Å²) in [7, 11) is 0. The normalized spacial score (nSPS) is 16.2. The van der Waals surface area contributed by atoms with Crippen molar-refractivity contribution in [3.05, 3.63) is 34.7 Å². The van der Waals surface area contributed by atoms with E-state index in [1.165, 1.54) is 36.4 Å². The van der Waals surface area contributed by atoms with Crippen LogP contribution in [0.2, 0.25) is 0 Å². The molecule has 7 nitrogen and oxygen atoms in total. The predicted octanol–water partition coefficient (Wildman–Crippen LogP) is 1.63. The Bertz CT molecular complexity index is 1030. The number of halogens is 2. The number of fused-ring (bicyclic) bond motifs is 1. The number of hydrogen-bond acceptors (Lipinski definition) is 7. The van der Waals surface area contributed by atoms with Crippen molar-refractivity contribution in [2.45, 2.75) is 5.41 Å². The number of nitrogens with zero attached hydrogens (tertiary/aromatic N) is 7. The van der Waals surface area contributed by atoms with Crippen LogP contribution in [-0.4, -0.2) is 4.98 Å². The van der Waals surface area contributed by atoms with Crippen LogP contribution in [0.5, 0.6) is 0 Å². The molecule has 1 heterocycles. The molecule has 0 aromatic carbocycles. The highest BCUT2D eigenvalue weighted by Gasteiger charge is 2.65. The predicted molar refractivity (Wildman–Crippen MR) is 69.1 cm³/mol. The number of nitriles is 6. The monoisotopic (exact) mass is 317 g/mol. The molecule has 2 rings (SSSR count). The Balaban J connectivity index is 3.21. The Kier molecular flexibility index (Phi) is 3.45. The lowest BCUT2D eigenvalue weighted by molar-refractivity contribution is 0.362. The van der Waals surface area contributed by atoms with E-state index in [0.717, 1.165) is 0 Å². The number of rotatable bonds is 0. The Morgan fingerprint density at radius 2 is 1.38 bits per heavy atom. The molecule has 0 bridgehead atoms. The average Bonchev–Trinajstić information content (AvgIpc) is 2.60. The minimum Gasteiger partial charge on any atom is -0.236 e. The van der Waals surface area contributed by atoms with Gasteiger partial charge < -0.3 is 0 Å². The summed E-state index contributed by atoms with van der Waals surface area (Å²) in [6.45, 7) is 0. The molecule has 0 saturated heterocycles. The van der Waals surface area contributed by atoms with Crippen LogP contribution in [0.3, 0.4) is 0 Å². The molecule has 0 spiro atoms. The molecule has 0 radical (unpaired) electrons. The summed E-state index contributed by atoms with van der Waals surface area (Å²) in [5.41, 5.74) is -8.73. The maximum absolute atomic E-state index is 14.7. The van der Waals surface area contributed by atoms with Gasteiger partial charge in [-0.05, 0) is 6.07 Å². The van der Waals surface area contributed by atoms with Gasteiger partial charge in [0.25, 0.3) is 0 Å². The van der Waals surface area contributed by atoms with Crippen molar-refractivity contribution in [2.75, 3.05) is 0 Å². The van der Waals surface area contributed by atoms with Crippen molar-refractivity contribution in [1.82, 2.24) is 4.98 Å². The second-order valence-electron chi connectivity index (χ2n) is 4.57.